The molecule has 2 aromatic rings. The Kier molecular flexibility index (Phi) is 6.80. The van der Waals surface area contributed by atoms with E-state index in [-0.39, 0.29) is 0 Å². The summed E-state index contributed by atoms with van der Waals surface area (Å²) >= 11 is 0. The lowest BCUT2D eigenvalue weighted by molar-refractivity contribution is 0.0398. The molecule has 0 atom stereocenters. The van der Waals surface area contributed by atoms with Gasteiger partial charge in [0.25, 0.3) is 0 Å². The van der Waals surface area contributed by atoms with Crippen LogP contribution in [0.2, 0.25) is 0 Å². The van der Waals surface area contributed by atoms with Crippen LogP contribution in [0.4, 0.5) is 11.8 Å². The van der Waals surface area contributed by atoms with E-state index < -0.39 is 0 Å². The Balaban J connectivity index is 1.75. The second-order valence-electron chi connectivity index (χ2n) is 6.35. The summed E-state index contributed by atoms with van der Waals surface area (Å²) in [4.78, 5) is 14.1. The summed E-state index contributed by atoms with van der Waals surface area (Å²) in [6.07, 6.45) is 0. The third-order valence-corrected chi connectivity index (χ3v) is 4.68. The first-order valence-electron chi connectivity index (χ1n) is 9.53. The molecule has 1 fully saturated rings. The average Bonchev–Trinajstić information content (AvgIpc) is 2.70. The quantitative estimate of drug-likeness (QED) is 0.786. The molecule has 6 nitrogen and oxygen atoms in total. The molecular weight excluding hydrogens is 326 g/mol. The molecule has 1 saturated heterocycles. The van der Waals surface area contributed by atoms with Gasteiger partial charge in [-0.25, -0.2) is 4.98 Å². The van der Waals surface area contributed by atoms with Gasteiger partial charge >= 0.3 is 0 Å². The lowest BCUT2D eigenvalue weighted by Gasteiger charge is -2.26. The van der Waals surface area contributed by atoms with E-state index in [2.05, 4.69) is 47.2 Å². The van der Waals surface area contributed by atoms with Crippen molar-refractivity contribution in [2.45, 2.75) is 13.8 Å². The van der Waals surface area contributed by atoms with Gasteiger partial charge in [0.1, 0.15) is 5.82 Å². The summed E-state index contributed by atoms with van der Waals surface area (Å²) in [6, 6.07) is 12.4. The Morgan fingerprint density at radius 2 is 1.81 bits per heavy atom. The van der Waals surface area contributed by atoms with Crippen LogP contribution in [-0.2, 0) is 4.74 Å². The predicted molar refractivity (Wildman–Crippen MR) is 107 cm³/mol. The number of benzene rings is 1. The molecule has 0 spiro atoms. The molecule has 0 unspecified atom stereocenters. The van der Waals surface area contributed by atoms with Crippen molar-refractivity contribution < 1.29 is 4.74 Å². The van der Waals surface area contributed by atoms with E-state index in [4.69, 9.17) is 14.7 Å². The number of nitrogens with one attached hydrogen (secondary N) is 1. The number of rotatable bonds is 8. The van der Waals surface area contributed by atoms with Crippen molar-refractivity contribution in [3.05, 3.63) is 36.4 Å². The zero-order valence-corrected chi connectivity index (χ0v) is 15.8. The maximum Gasteiger partial charge on any atom is 0.225 e. The first kappa shape index (κ1) is 18.6. The minimum Gasteiger partial charge on any atom is -0.379 e. The second kappa shape index (κ2) is 9.50. The Morgan fingerprint density at radius 1 is 1.08 bits per heavy atom. The Morgan fingerprint density at radius 3 is 2.50 bits per heavy atom. The Bertz CT molecular complexity index is 669. The highest BCUT2D eigenvalue weighted by molar-refractivity contribution is 5.64. The first-order valence-corrected chi connectivity index (χ1v) is 9.53. The van der Waals surface area contributed by atoms with Crippen LogP contribution in [0.1, 0.15) is 13.8 Å². The van der Waals surface area contributed by atoms with Gasteiger partial charge in [0, 0.05) is 50.9 Å². The van der Waals surface area contributed by atoms with Gasteiger partial charge in [-0.1, -0.05) is 30.3 Å². The van der Waals surface area contributed by atoms with E-state index >= 15 is 0 Å². The lowest BCUT2D eigenvalue weighted by Crippen LogP contribution is -2.39. The first-order chi connectivity index (χ1) is 12.8. The maximum absolute atomic E-state index is 5.40. The number of ether oxygens (including phenoxy) is 1. The van der Waals surface area contributed by atoms with Gasteiger partial charge in [-0.15, -0.1) is 0 Å². The van der Waals surface area contributed by atoms with Crippen LogP contribution in [0.3, 0.4) is 0 Å². The highest BCUT2D eigenvalue weighted by atomic mass is 16.5. The standard InChI is InChI=1S/C20H29N5O/c1-3-25(4-2)19-16-18(17-8-6-5-7-9-17)22-20(23-19)21-10-11-24-12-14-26-15-13-24/h5-9,16H,3-4,10-15H2,1-2H3,(H,21,22,23). The van der Waals surface area contributed by atoms with E-state index in [1.54, 1.807) is 0 Å². The summed E-state index contributed by atoms with van der Waals surface area (Å²) in [5.41, 5.74) is 2.07. The van der Waals surface area contributed by atoms with Gasteiger partial charge in [0.2, 0.25) is 5.95 Å². The van der Waals surface area contributed by atoms with Crippen LogP contribution in [0.5, 0.6) is 0 Å². The fraction of sp³-hybridized carbons (Fsp3) is 0.500. The Labute approximate surface area is 156 Å². The number of aromatic nitrogens is 2. The predicted octanol–water partition coefficient (Wildman–Crippen LogP) is 2.73. The van der Waals surface area contributed by atoms with Gasteiger partial charge in [-0.05, 0) is 13.8 Å². The zero-order valence-electron chi connectivity index (χ0n) is 15.8. The lowest BCUT2D eigenvalue weighted by atomic mass is 10.1. The molecule has 1 aliphatic rings. The number of hydrogen-bond donors (Lipinski definition) is 1. The Hall–Kier alpha value is -2.18. The number of anilines is 2. The van der Waals surface area contributed by atoms with Gasteiger partial charge in [-0.3, -0.25) is 4.90 Å². The largest absolute Gasteiger partial charge is 0.379 e. The monoisotopic (exact) mass is 355 g/mol. The highest BCUT2D eigenvalue weighted by Crippen LogP contribution is 2.23. The minimum absolute atomic E-state index is 0.696. The van der Waals surface area contributed by atoms with Crippen molar-refractivity contribution >= 4 is 11.8 Å². The molecule has 1 aromatic carbocycles. The van der Waals surface area contributed by atoms with E-state index in [1.165, 1.54) is 0 Å². The fourth-order valence-electron chi connectivity index (χ4n) is 3.13. The van der Waals surface area contributed by atoms with Gasteiger partial charge in [0.15, 0.2) is 0 Å². The van der Waals surface area contributed by atoms with Crippen LogP contribution in [0.15, 0.2) is 36.4 Å². The molecule has 1 N–H and O–H groups in total. The molecule has 0 radical (unpaired) electrons. The van der Waals surface area contributed by atoms with Crippen molar-refractivity contribution in [2.24, 2.45) is 0 Å². The van der Waals surface area contributed by atoms with E-state index in [1.807, 2.05) is 18.2 Å². The summed E-state index contributed by atoms with van der Waals surface area (Å²) in [5, 5.41) is 3.41. The second-order valence-corrected chi connectivity index (χ2v) is 6.35. The smallest absolute Gasteiger partial charge is 0.225 e. The molecule has 0 saturated carbocycles. The third-order valence-electron chi connectivity index (χ3n) is 4.68. The van der Waals surface area contributed by atoms with Crippen LogP contribution in [0.25, 0.3) is 11.3 Å². The van der Waals surface area contributed by atoms with E-state index in [0.29, 0.717) is 5.95 Å². The molecule has 1 aliphatic heterocycles. The fourth-order valence-corrected chi connectivity index (χ4v) is 3.13. The summed E-state index contributed by atoms with van der Waals surface area (Å²) < 4.78 is 5.40. The molecule has 1 aromatic heterocycles. The number of morpholine rings is 1. The van der Waals surface area contributed by atoms with Crippen molar-refractivity contribution in [3.63, 3.8) is 0 Å². The maximum atomic E-state index is 5.40. The molecule has 26 heavy (non-hydrogen) atoms. The van der Waals surface area contributed by atoms with E-state index in [9.17, 15) is 0 Å². The molecule has 0 aliphatic carbocycles. The zero-order chi connectivity index (χ0) is 18.2. The molecular formula is C20H29N5O. The SMILES string of the molecule is CCN(CC)c1cc(-c2ccccc2)nc(NCCN2CCOCC2)n1. The third kappa shape index (κ3) is 4.93. The van der Waals surface area contributed by atoms with Crippen molar-refractivity contribution in [3.8, 4) is 11.3 Å². The van der Waals surface area contributed by atoms with Crippen LogP contribution >= 0.6 is 0 Å². The van der Waals surface area contributed by atoms with Crippen LogP contribution < -0.4 is 10.2 Å². The number of nitrogens with zero attached hydrogens (tertiary/aromatic N) is 4. The van der Waals surface area contributed by atoms with Gasteiger partial charge < -0.3 is 15.0 Å². The molecule has 2 heterocycles. The molecule has 140 valence electrons. The van der Waals surface area contributed by atoms with Crippen molar-refractivity contribution in [2.75, 3.05) is 62.7 Å². The minimum atomic E-state index is 0.696. The van der Waals surface area contributed by atoms with Crippen LogP contribution in [0, 0.1) is 0 Å². The molecule has 3 rings (SSSR count). The van der Waals surface area contributed by atoms with Crippen molar-refractivity contribution in [1.82, 2.24) is 14.9 Å². The molecule has 6 heteroatoms. The van der Waals surface area contributed by atoms with Gasteiger partial charge in [-0.2, -0.15) is 4.98 Å². The van der Waals surface area contributed by atoms with E-state index in [0.717, 1.165) is 69.6 Å². The van der Waals surface area contributed by atoms with Crippen LogP contribution in [-0.4, -0.2) is 67.4 Å². The molecule has 0 amide bonds. The van der Waals surface area contributed by atoms with Gasteiger partial charge in [0.05, 0.1) is 18.9 Å². The molecule has 0 bridgehead atoms. The topological polar surface area (TPSA) is 53.5 Å². The number of hydrogen-bond acceptors (Lipinski definition) is 6. The summed E-state index contributed by atoms with van der Waals surface area (Å²) in [6.45, 7) is 11.6. The van der Waals surface area contributed by atoms with Crippen molar-refractivity contribution in [1.29, 1.82) is 0 Å². The highest BCUT2D eigenvalue weighted by Gasteiger charge is 2.12. The summed E-state index contributed by atoms with van der Waals surface area (Å²) in [5.74, 6) is 1.67. The normalized spacial score (nSPS) is 15.0. The summed E-state index contributed by atoms with van der Waals surface area (Å²) in [7, 11) is 0. The average molecular weight is 355 g/mol.